The van der Waals surface area contributed by atoms with Gasteiger partial charge in [0, 0.05) is 31.5 Å². The molecule has 0 aromatic carbocycles. The number of hydrogen-bond donors (Lipinski definition) is 1. The monoisotopic (exact) mass is 262 g/mol. The van der Waals surface area contributed by atoms with Crippen molar-refractivity contribution in [3.8, 4) is 11.4 Å². The molecular formula is C11H11ClN6. The van der Waals surface area contributed by atoms with Crippen molar-refractivity contribution in [2.75, 3.05) is 0 Å². The zero-order chi connectivity index (χ0) is 12.7. The summed E-state index contributed by atoms with van der Waals surface area (Å²) in [6, 6.07) is 3.78. The van der Waals surface area contributed by atoms with Crippen LogP contribution < -0.4 is 5.73 Å². The normalized spacial score (nSPS) is 11.3. The van der Waals surface area contributed by atoms with Crippen LogP contribution in [0.25, 0.3) is 17.2 Å². The van der Waals surface area contributed by atoms with Crippen LogP contribution in [0.15, 0.2) is 24.5 Å². The number of aryl methyl sites for hydroxylation is 1. The molecule has 0 fully saturated rings. The molecule has 6 nitrogen and oxygen atoms in total. The van der Waals surface area contributed by atoms with Crippen LogP contribution in [0.1, 0.15) is 5.69 Å². The largest absolute Gasteiger partial charge is 0.325 e. The number of fused-ring (bicyclic) bond motifs is 1. The van der Waals surface area contributed by atoms with E-state index in [0.29, 0.717) is 23.2 Å². The van der Waals surface area contributed by atoms with Crippen LogP contribution in [-0.4, -0.2) is 24.1 Å². The predicted molar refractivity (Wildman–Crippen MR) is 68.1 cm³/mol. The van der Waals surface area contributed by atoms with E-state index in [1.807, 2.05) is 23.7 Å². The summed E-state index contributed by atoms with van der Waals surface area (Å²) in [4.78, 5) is 8.35. The molecule has 0 saturated heterocycles. The van der Waals surface area contributed by atoms with Crippen molar-refractivity contribution in [1.29, 1.82) is 0 Å². The summed E-state index contributed by atoms with van der Waals surface area (Å²) in [5, 5.41) is 4.91. The van der Waals surface area contributed by atoms with E-state index in [1.165, 1.54) is 0 Å². The third-order valence-corrected chi connectivity index (χ3v) is 3.17. The van der Waals surface area contributed by atoms with Crippen molar-refractivity contribution >= 4 is 17.4 Å². The molecule has 3 rings (SSSR count). The van der Waals surface area contributed by atoms with E-state index in [4.69, 9.17) is 17.3 Å². The van der Waals surface area contributed by atoms with Crippen molar-refractivity contribution in [1.82, 2.24) is 24.1 Å². The van der Waals surface area contributed by atoms with Crippen LogP contribution in [-0.2, 0) is 13.6 Å². The van der Waals surface area contributed by atoms with Gasteiger partial charge in [-0.15, -0.1) is 5.10 Å². The molecule has 0 bridgehead atoms. The second-order valence-electron chi connectivity index (χ2n) is 3.88. The van der Waals surface area contributed by atoms with Crippen LogP contribution in [0, 0.1) is 0 Å². The van der Waals surface area contributed by atoms with Gasteiger partial charge in [-0.05, 0) is 12.1 Å². The Bertz CT molecular complexity index is 699. The van der Waals surface area contributed by atoms with Crippen molar-refractivity contribution < 1.29 is 0 Å². The lowest BCUT2D eigenvalue weighted by atomic mass is 10.2. The molecule has 2 N–H and O–H groups in total. The van der Waals surface area contributed by atoms with Crippen molar-refractivity contribution in [2.45, 2.75) is 6.54 Å². The summed E-state index contributed by atoms with van der Waals surface area (Å²) >= 11 is 6.16. The highest BCUT2D eigenvalue weighted by Gasteiger charge is 2.17. The lowest BCUT2D eigenvalue weighted by molar-refractivity contribution is 0.923. The van der Waals surface area contributed by atoms with E-state index in [9.17, 15) is 0 Å². The summed E-state index contributed by atoms with van der Waals surface area (Å²) in [6.45, 7) is 0.298. The van der Waals surface area contributed by atoms with E-state index in [-0.39, 0.29) is 0 Å². The SMILES string of the molecule is Cn1c(-c2ccncc2)nn2c(Cl)c(CN)nc12. The van der Waals surface area contributed by atoms with Gasteiger partial charge in [0.15, 0.2) is 11.0 Å². The van der Waals surface area contributed by atoms with E-state index in [2.05, 4.69) is 15.1 Å². The fourth-order valence-corrected chi connectivity index (χ4v) is 2.10. The minimum atomic E-state index is 0.298. The fraction of sp³-hybridized carbons (Fsp3) is 0.182. The number of nitrogens with zero attached hydrogens (tertiary/aromatic N) is 5. The lowest BCUT2D eigenvalue weighted by Gasteiger charge is -1.99. The van der Waals surface area contributed by atoms with E-state index >= 15 is 0 Å². The van der Waals surface area contributed by atoms with Gasteiger partial charge in [0.05, 0.1) is 5.69 Å². The Morgan fingerprint density at radius 3 is 2.67 bits per heavy atom. The Balaban J connectivity index is 2.25. The van der Waals surface area contributed by atoms with Crippen LogP contribution in [0.2, 0.25) is 5.15 Å². The summed E-state index contributed by atoms with van der Waals surface area (Å²) in [6.07, 6.45) is 3.44. The Morgan fingerprint density at radius 2 is 2.06 bits per heavy atom. The molecule has 0 radical (unpaired) electrons. The maximum absolute atomic E-state index is 6.16. The molecule has 92 valence electrons. The minimum absolute atomic E-state index is 0.298. The zero-order valence-corrected chi connectivity index (χ0v) is 10.5. The number of nitrogens with two attached hydrogens (primary N) is 1. The Morgan fingerprint density at radius 1 is 1.33 bits per heavy atom. The predicted octanol–water partition coefficient (Wildman–Crippen LogP) is 1.24. The summed E-state index contributed by atoms with van der Waals surface area (Å²) in [5.41, 5.74) is 7.18. The van der Waals surface area contributed by atoms with Gasteiger partial charge in [-0.25, -0.2) is 4.98 Å². The molecule has 0 saturated carbocycles. The van der Waals surface area contributed by atoms with E-state index in [1.54, 1.807) is 16.9 Å². The van der Waals surface area contributed by atoms with Gasteiger partial charge in [-0.1, -0.05) is 11.6 Å². The van der Waals surface area contributed by atoms with Gasteiger partial charge >= 0.3 is 0 Å². The van der Waals surface area contributed by atoms with Crippen LogP contribution in [0.4, 0.5) is 0 Å². The molecule has 0 unspecified atom stereocenters. The molecule has 3 aromatic rings. The topological polar surface area (TPSA) is 74.0 Å². The maximum Gasteiger partial charge on any atom is 0.233 e. The highest BCUT2D eigenvalue weighted by Crippen LogP contribution is 2.22. The molecule has 0 amide bonds. The maximum atomic E-state index is 6.16. The van der Waals surface area contributed by atoms with Gasteiger partial charge in [0.25, 0.3) is 0 Å². The Kier molecular flexibility index (Phi) is 2.53. The van der Waals surface area contributed by atoms with Crippen LogP contribution in [0.3, 0.4) is 0 Å². The number of rotatable bonds is 2. The number of imidazole rings is 1. The molecule has 0 spiro atoms. The van der Waals surface area contributed by atoms with Gasteiger partial charge in [0.2, 0.25) is 5.78 Å². The average molecular weight is 263 g/mol. The molecule has 7 heteroatoms. The molecule has 18 heavy (non-hydrogen) atoms. The number of hydrogen-bond acceptors (Lipinski definition) is 4. The zero-order valence-electron chi connectivity index (χ0n) is 9.71. The van der Waals surface area contributed by atoms with Gasteiger partial charge in [-0.2, -0.15) is 4.52 Å². The first-order valence-electron chi connectivity index (χ1n) is 5.42. The first-order chi connectivity index (χ1) is 8.72. The summed E-state index contributed by atoms with van der Waals surface area (Å²) in [5.74, 6) is 1.46. The number of pyridine rings is 1. The fourth-order valence-electron chi connectivity index (χ4n) is 1.87. The second-order valence-corrected chi connectivity index (χ2v) is 4.24. The van der Waals surface area contributed by atoms with Crippen LogP contribution in [0.5, 0.6) is 0 Å². The number of aromatic nitrogens is 5. The molecule has 3 aromatic heterocycles. The molecule has 0 atom stereocenters. The van der Waals surface area contributed by atoms with Crippen molar-refractivity contribution in [3.05, 3.63) is 35.4 Å². The molecular weight excluding hydrogens is 252 g/mol. The van der Waals surface area contributed by atoms with Crippen LogP contribution >= 0.6 is 11.6 Å². The van der Waals surface area contributed by atoms with Crippen molar-refractivity contribution in [3.63, 3.8) is 0 Å². The minimum Gasteiger partial charge on any atom is -0.325 e. The van der Waals surface area contributed by atoms with Gasteiger partial charge < -0.3 is 5.73 Å². The molecule has 0 aliphatic rings. The highest BCUT2D eigenvalue weighted by molar-refractivity contribution is 6.30. The van der Waals surface area contributed by atoms with E-state index in [0.717, 1.165) is 11.4 Å². The van der Waals surface area contributed by atoms with E-state index < -0.39 is 0 Å². The Labute approximate surface area is 108 Å². The average Bonchev–Trinajstić information content (AvgIpc) is 2.89. The molecule has 3 heterocycles. The molecule has 0 aliphatic heterocycles. The highest BCUT2D eigenvalue weighted by atomic mass is 35.5. The number of halogens is 1. The second kappa shape index (κ2) is 4.08. The standard InChI is InChI=1S/C11H11ClN6/c1-17-10(7-2-4-14-5-3-7)16-18-9(12)8(6-13)15-11(17)18/h2-5H,6,13H2,1H3. The third kappa shape index (κ3) is 1.50. The first-order valence-corrected chi connectivity index (χ1v) is 5.80. The Hall–Kier alpha value is -1.92. The smallest absolute Gasteiger partial charge is 0.233 e. The first kappa shape index (κ1) is 11.2. The summed E-state index contributed by atoms with van der Waals surface area (Å²) < 4.78 is 3.47. The van der Waals surface area contributed by atoms with Crippen molar-refractivity contribution in [2.24, 2.45) is 12.8 Å². The van der Waals surface area contributed by atoms with Gasteiger partial charge in [0.1, 0.15) is 0 Å². The third-order valence-electron chi connectivity index (χ3n) is 2.79. The lowest BCUT2D eigenvalue weighted by Crippen LogP contribution is -1.99. The molecule has 0 aliphatic carbocycles. The van der Waals surface area contributed by atoms with Gasteiger partial charge in [-0.3, -0.25) is 9.55 Å². The summed E-state index contributed by atoms with van der Waals surface area (Å²) in [7, 11) is 1.89. The quantitative estimate of drug-likeness (QED) is 0.754.